The highest BCUT2D eigenvalue weighted by Gasteiger charge is 2.18. The molecule has 0 spiro atoms. The number of ether oxygens (including phenoxy) is 1. The Morgan fingerprint density at radius 1 is 0.312 bits per heavy atom. The quantitative estimate of drug-likeness (QED) is 0.0607. The number of aromatic nitrogens is 1. The fourth-order valence-corrected chi connectivity index (χ4v) is 11.7. The molecule has 0 amide bonds. The maximum absolute atomic E-state index is 6.06. The van der Waals surface area contributed by atoms with Crippen molar-refractivity contribution in [1.29, 1.82) is 0 Å². The van der Waals surface area contributed by atoms with Crippen LogP contribution in [0.5, 0.6) is 0 Å². The van der Waals surface area contributed by atoms with E-state index >= 15 is 0 Å². The minimum Gasteiger partial charge on any atom is -0.471 e. The lowest BCUT2D eigenvalue weighted by Crippen LogP contribution is -2.09. The van der Waals surface area contributed by atoms with Gasteiger partial charge in [0, 0.05) is 22.0 Å². The van der Waals surface area contributed by atoms with E-state index in [0.29, 0.717) is 12.5 Å². The Bertz CT molecular complexity index is 4420. The lowest BCUT2D eigenvalue weighted by molar-refractivity contribution is 0.292. The summed E-state index contributed by atoms with van der Waals surface area (Å²) in [4.78, 5) is 0. The molecule has 0 atom stereocenters. The number of hydrazone groups is 1. The van der Waals surface area contributed by atoms with Crippen LogP contribution in [0.25, 0.3) is 127 Å². The number of nitrogens with zero attached hydrogens (tertiary/aromatic N) is 2. The van der Waals surface area contributed by atoms with E-state index in [1.54, 1.807) is 0 Å². The van der Waals surface area contributed by atoms with Gasteiger partial charge in [0.1, 0.15) is 6.61 Å². The van der Waals surface area contributed by atoms with Crippen molar-refractivity contribution in [3.63, 3.8) is 0 Å². The monoisotopic (exact) mass is 1020 g/mol. The topological polar surface area (TPSA) is 52.5 Å². The van der Waals surface area contributed by atoms with Gasteiger partial charge < -0.3 is 15.1 Å². The molecule has 0 saturated carbocycles. The first-order valence-electron chi connectivity index (χ1n) is 27.2. The maximum Gasteiger partial charge on any atom is 0.237 e. The van der Waals surface area contributed by atoms with Crippen molar-refractivity contribution < 1.29 is 4.74 Å². The van der Waals surface area contributed by atoms with Gasteiger partial charge in [0.15, 0.2) is 0 Å². The van der Waals surface area contributed by atoms with Crippen LogP contribution < -0.4 is 5.84 Å². The third-order valence-electron chi connectivity index (χ3n) is 15.8. The van der Waals surface area contributed by atoms with E-state index in [1.165, 1.54) is 93.5 Å². The van der Waals surface area contributed by atoms with Gasteiger partial charge >= 0.3 is 0 Å². The number of hydrogen-bond donors (Lipinski definition) is 1. The first-order valence-corrected chi connectivity index (χ1v) is 27.2. The highest BCUT2D eigenvalue weighted by Crippen LogP contribution is 2.42. The second kappa shape index (κ2) is 20.8. The second-order valence-corrected chi connectivity index (χ2v) is 20.4. The van der Waals surface area contributed by atoms with E-state index < -0.39 is 0 Å². The summed E-state index contributed by atoms with van der Waals surface area (Å²) in [6, 6.07) is 107. The van der Waals surface area contributed by atoms with E-state index in [-0.39, 0.29) is 0 Å². The third kappa shape index (κ3) is 8.95. The zero-order valence-electron chi connectivity index (χ0n) is 43.9. The van der Waals surface area contributed by atoms with Crippen LogP contribution in [0, 0.1) is 0 Å². The first kappa shape index (κ1) is 47.9. The largest absolute Gasteiger partial charge is 0.471 e. The molecule has 14 aromatic rings. The van der Waals surface area contributed by atoms with Gasteiger partial charge in [-0.1, -0.05) is 249 Å². The molecule has 0 aliphatic rings. The predicted octanol–water partition coefficient (Wildman–Crippen LogP) is 19.6. The number of hydrogen-bond acceptors (Lipinski definition) is 3. The Morgan fingerprint density at radius 3 is 1.19 bits per heavy atom. The average Bonchev–Trinajstić information content (AvgIpc) is 3.90. The fraction of sp³-hybridized carbons (Fsp3) is 0.0132. The summed E-state index contributed by atoms with van der Waals surface area (Å²) in [6.07, 6.45) is 0. The molecule has 0 unspecified atom stereocenters. The number of rotatable bonds is 11. The van der Waals surface area contributed by atoms with Crippen LogP contribution >= 0.6 is 0 Å². The molecule has 80 heavy (non-hydrogen) atoms. The lowest BCUT2D eigenvalue weighted by Gasteiger charge is -2.16. The molecule has 378 valence electrons. The Morgan fingerprint density at radius 2 is 0.688 bits per heavy atom. The van der Waals surface area contributed by atoms with E-state index in [2.05, 4.69) is 277 Å². The van der Waals surface area contributed by atoms with Crippen molar-refractivity contribution in [2.24, 2.45) is 10.9 Å². The van der Waals surface area contributed by atoms with Crippen molar-refractivity contribution in [2.45, 2.75) is 6.61 Å². The molecule has 0 saturated heterocycles. The number of nitrogens with two attached hydrogens (primary N) is 1. The fourth-order valence-electron chi connectivity index (χ4n) is 11.7. The molecule has 0 bridgehead atoms. The molecule has 0 fully saturated rings. The molecule has 1 aromatic heterocycles. The molecule has 0 aliphatic heterocycles. The predicted molar refractivity (Wildman–Crippen MR) is 336 cm³/mol. The standard InChI is InChI=1S/C76H53N3O/c77-78-76(60-16-2-1-3-17-60)80-50-51-28-30-56(31-29-51)68-22-8-10-24-70(68)71-25-11-9-23-69(71)59-40-44-63(45-41-59)79-74-46-42-61(52-32-36-57(37-33-52)66-26-12-18-54-14-4-6-20-64(54)66)48-72(74)73-49-62(43-47-75(73)79)53-34-38-58(39-35-53)67-27-13-19-55-15-5-7-21-65(55)67/h1-49H,50,77H2/b78-76-. The summed E-state index contributed by atoms with van der Waals surface area (Å²) in [7, 11) is 0. The molecule has 2 N–H and O–H groups in total. The average molecular weight is 1020 g/mol. The minimum absolute atomic E-state index is 0.354. The van der Waals surface area contributed by atoms with Crippen LogP contribution in [0.1, 0.15) is 11.1 Å². The summed E-state index contributed by atoms with van der Waals surface area (Å²) in [5.41, 5.74) is 21.8. The summed E-state index contributed by atoms with van der Waals surface area (Å²) in [5, 5.41) is 11.3. The van der Waals surface area contributed by atoms with Gasteiger partial charge in [-0.3, -0.25) is 0 Å². The van der Waals surface area contributed by atoms with Gasteiger partial charge in [0.05, 0.1) is 11.0 Å². The third-order valence-corrected chi connectivity index (χ3v) is 15.8. The first-order chi connectivity index (χ1) is 39.6. The number of fused-ring (bicyclic) bond motifs is 5. The summed E-state index contributed by atoms with van der Waals surface area (Å²) in [5.74, 6) is 6.13. The molecule has 0 radical (unpaired) electrons. The molecule has 14 rings (SSSR count). The maximum atomic E-state index is 6.06. The van der Waals surface area contributed by atoms with Gasteiger partial charge in [-0.25, -0.2) is 0 Å². The Kier molecular flexibility index (Phi) is 12.4. The Labute approximate surface area is 465 Å². The van der Waals surface area contributed by atoms with Crippen LogP contribution in [0.4, 0.5) is 0 Å². The van der Waals surface area contributed by atoms with E-state index in [1.807, 2.05) is 30.3 Å². The van der Waals surface area contributed by atoms with Gasteiger partial charge in [-0.15, -0.1) is 5.10 Å². The second-order valence-electron chi connectivity index (χ2n) is 20.4. The van der Waals surface area contributed by atoms with Crippen LogP contribution in [-0.2, 0) is 11.3 Å². The summed E-state index contributed by atoms with van der Waals surface area (Å²) in [6.45, 7) is 0.354. The Hall–Kier alpha value is -10.6. The molecule has 13 aromatic carbocycles. The van der Waals surface area contributed by atoms with Crippen molar-refractivity contribution in [3.8, 4) is 83.6 Å². The van der Waals surface area contributed by atoms with E-state index in [9.17, 15) is 0 Å². The van der Waals surface area contributed by atoms with Crippen LogP contribution in [0.15, 0.2) is 302 Å². The van der Waals surface area contributed by atoms with Crippen LogP contribution in [-0.4, -0.2) is 10.5 Å². The molecular formula is C76H53N3O. The number of benzene rings is 13. The SMILES string of the molecule is N/N=C(\OCc1ccc(-c2ccccc2-c2ccccc2-c2ccc(-n3c4ccc(-c5ccc(-c6cccc7ccccc67)cc5)cc4c4cc(-c5ccc(-c6cccc7ccccc67)cc5)ccc43)cc2)cc1)c1ccccc1. The molecule has 1 heterocycles. The highest BCUT2D eigenvalue weighted by atomic mass is 16.5. The zero-order chi connectivity index (χ0) is 53.4. The van der Waals surface area contributed by atoms with Crippen molar-refractivity contribution in [2.75, 3.05) is 0 Å². The molecule has 4 heteroatoms. The van der Waals surface area contributed by atoms with Gasteiger partial charge in [0.25, 0.3) is 0 Å². The Balaban J connectivity index is 0.811. The van der Waals surface area contributed by atoms with Crippen LogP contribution in [0.2, 0.25) is 0 Å². The van der Waals surface area contributed by atoms with E-state index in [4.69, 9.17) is 10.6 Å². The highest BCUT2D eigenvalue weighted by molar-refractivity contribution is 6.12. The minimum atomic E-state index is 0.354. The smallest absolute Gasteiger partial charge is 0.237 e. The molecule has 4 nitrogen and oxygen atoms in total. The molecular weight excluding hydrogens is 971 g/mol. The van der Waals surface area contributed by atoms with Crippen molar-refractivity contribution in [1.82, 2.24) is 4.57 Å². The van der Waals surface area contributed by atoms with E-state index in [0.717, 1.165) is 44.5 Å². The van der Waals surface area contributed by atoms with Gasteiger partial charge in [-0.05, 0) is 154 Å². The van der Waals surface area contributed by atoms with Gasteiger partial charge in [0.2, 0.25) is 5.90 Å². The van der Waals surface area contributed by atoms with Crippen molar-refractivity contribution >= 4 is 49.2 Å². The van der Waals surface area contributed by atoms with Crippen LogP contribution in [0.3, 0.4) is 0 Å². The normalized spacial score (nSPS) is 11.7. The summed E-state index contributed by atoms with van der Waals surface area (Å²) < 4.78 is 8.48. The lowest BCUT2D eigenvalue weighted by atomic mass is 9.89. The molecule has 0 aliphatic carbocycles. The van der Waals surface area contributed by atoms with Gasteiger partial charge in [-0.2, -0.15) is 0 Å². The van der Waals surface area contributed by atoms with Crippen molar-refractivity contribution in [3.05, 3.63) is 308 Å². The summed E-state index contributed by atoms with van der Waals surface area (Å²) >= 11 is 0. The zero-order valence-corrected chi connectivity index (χ0v) is 43.9.